The Labute approximate surface area is 150 Å². The molecule has 0 saturated carbocycles. The first-order valence-electron chi connectivity index (χ1n) is 9.31. The van der Waals surface area contributed by atoms with Crippen molar-refractivity contribution in [3.8, 4) is 0 Å². The second-order valence-corrected chi connectivity index (χ2v) is 7.14. The maximum absolute atomic E-state index is 12.7. The summed E-state index contributed by atoms with van der Waals surface area (Å²) in [7, 11) is 0. The van der Waals surface area contributed by atoms with Crippen LogP contribution in [0.5, 0.6) is 0 Å². The van der Waals surface area contributed by atoms with Crippen molar-refractivity contribution in [1.82, 2.24) is 10.6 Å². The molecular formula is C22H28N2O. The first-order valence-corrected chi connectivity index (χ1v) is 9.31. The topological polar surface area (TPSA) is 41.1 Å². The molecule has 1 aliphatic rings. The largest absolute Gasteiger partial charge is 0.343 e. The number of rotatable bonds is 6. The van der Waals surface area contributed by atoms with Gasteiger partial charge in [0.05, 0.1) is 5.54 Å². The van der Waals surface area contributed by atoms with Crippen LogP contribution in [-0.2, 0) is 10.3 Å². The normalized spacial score (nSPS) is 15.7. The summed E-state index contributed by atoms with van der Waals surface area (Å²) in [6.45, 7) is 4.26. The SMILES string of the molecule is CC(NC(=O)CCC1CCNCC1)(c1ccccc1)c1ccccc1. The molecule has 1 aliphatic heterocycles. The smallest absolute Gasteiger partial charge is 0.220 e. The van der Waals surface area contributed by atoms with Gasteiger partial charge in [0.25, 0.3) is 0 Å². The van der Waals surface area contributed by atoms with Gasteiger partial charge in [0, 0.05) is 6.42 Å². The van der Waals surface area contributed by atoms with Gasteiger partial charge in [0.15, 0.2) is 0 Å². The van der Waals surface area contributed by atoms with E-state index >= 15 is 0 Å². The predicted molar refractivity (Wildman–Crippen MR) is 102 cm³/mol. The average molecular weight is 336 g/mol. The molecule has 132 valence electrons. The first-order chi connectivity index (χ1) is 12.2. The molecule has 0 atom stereocenters. The van der Waals surface area contributed by atoms with Crippen molar-refractivity contribution in [3.63, 3.8) is 0 Å². The van der Waals surface area contributed by atoms with E-state index in [0.717, 1.165) is 30.6 Å². The molecule has 0 radical (unpaired) electrons. The van der Waals surface area contributed by atoms with Crippen LogP contribution in [0.15, 0.2) is 60.7 Å². The van der Waals surface area contributed by atoms with Gasteiger partial charge in [0.2, 0.25) is 5.91 Å². The number of benzene rings is 2. The fraction of sp³-hybridized carbons (Fsp3) is 0.409. The molecule has 3 heteroatoms. The number of amides is 1. The molecule has 2 aromatic carbocycles. The predicted octanol–water partition coefficient (Wildman–Crippen LogP) is 3.85. The van der Waals surface area contributed by atoms with E-state index in [2.05, 4.69) is 41.8 Å². The lowest BCUT2D eigenvalue weighted by atomic mass is 9.84. The fourth-order valence-corrected chi connectivity index (χ4v) is 3.70. The van der Waals surface area contributed by atoms with Crippen molar-refractivity contribution in [1.29, 1.82) is 0 Å². The highest BCUT2D eigenvalue weighted by Gasteiger charge is 2.30. The van der Waals surface area contributed by atoms with E-state index in [0.29, 0.717) is 12.3 Å². The third kappa shape index (κ3) is 4.49. The average Bonchev–Trinajstić information content (AvgIpc) is 2.68. The van der Waals surface area contributed by atoms with E-state index in [4.69, 9.17) is 0 Å². The highest BCUT2D eigenvalue weighted by molar-refractivity contribution is 5.77. The Kier molecular flexibility index (Phi) is 5.87. The van der Waals surface area contributed by atoms with E-state index in [-0.39, 0.29) is 5.91 Å². The third-order valence-corrected chi connectivity index (χ3v) is 5.33. The third-order valence-electron chi connectivity index (χ3n) is 5.33. The highest BCUT2D eigenvalue weighted by Crippen LogP contribution is 2.29. The van der Waals surface area contributed by atoms with E-state index in [1.165, 1.54) is 12.8 Å². The van der Waals surface area contributed by atoms with E-state index in [1.807, 2.05) is 36.4 Å². The van der Waals surface area contributed by atoms with Gasteiger partial charge >= 0.3 is 0 Å². The van der Waals surface area contributed by atoms with Crippen LogP contribution in [0, 0.1) is 5.92 Å². The van der Waals surface area contributed by atoms with Crippen molar-refractivity contribution >= 4 is 5.91 Å². The standard InChI is InChI=1S/C22H28N2O/c1-22(19-8-4-2-5-9-19,20-10-6-3-7-11-20)24-21(25)13-12-18-14-16-23-17-15-18/h2-11,18,23H,12-17H2,1H3,(H,24,25). The number of hydrogen-bond donors (Lipinski definition) is 2. The molecule has 2 aromatic rings. The van der Waals surface area contributed by atoms with Crippen molar-refractivity contribution in [3.05, 3.63) is 71.8 Å². The summed E-state index contributed by atoms with van der Waals surface area (Å²) in [6.07, 6.45) is 3.94. The molecule has 1 heterocycles. The zero-order chi connectivity index (χ0) is 17.5. The number of carbonyl (C=O) groups excluding carboxylic acids is 1. The summed E-state index contributed by atoms with van der Waals surface area (Å²) in [6, 6.07) is 20.5. The second kappa shape index (κ2) is 8.30. The van der Waals surface area contributed by atoms with Gasteiger partial charge in [0.1, 0.15) is 0 Å². The Morgan fingerprint density at radius 3 is 2.04 bits per heavy atom. The number of nitrogens with one attached hydrogen (secondary N) is 2. The van der Waals surface area contributed by atoms with Crippen LogP contribution < -0.4 is 10.6 Å². The number of hydrogen-bond acceptors (Lipinski definition) is 2. The molecule has 0 bridgehead atoms. The van der Waals surface area contributed by atoms with Gasteiger partial charge in [-0.1, -0.05) is 60.7 Å². The maximum atomic E-state index is 12.7. The quantitative estimate of drug-likeness (QED) is 0.841. The molecule has 0 unspecified atom stereocenters. The van der Waals surface area contributed by atoms with Crippen LogP contribution >= 0.6 is 0 Å². The molecule has 25 heavy (non-hydrogen) atoms. The summed E-state index contributed by atoms with van der Waals surface area (Å²) < 4.78 is 0. The minimum absolute atomic E-state index is 0.133. The monoisotopic (exact) mass is 336 g/mol. The Morgan fingerprint density at radius 1 is 1.00 bits per heavy atom. The summed E-state index contributed by atoms with van der Waals surface area (Å²) in [4.78, 5) is 12.7. The molecule has 0 aliphatic carbocycles. The zero-order valence-corrected chi connectivity index (χ0v) is 15.0. The molecule has 0 spiro atoms. The van der Waals surface area contributed by atoms with Crippen molar-refractivity contribution < 1.29 is 4.79 Å². The molecule has 0 aromatic heterocycles. The Bertz CT molecular complexity index is 623. The van der Waals surface area contributed by atoms with Crippen LogP contribution in [0.2, 0.25) is 0 Å². The van der Waals surface area contributed by atoms with Gasteiger partial charge in [-0.2, -0.15) is 0 Å². The van der Waals surface area contributed by atoms with Gasteiger partial charge in [-0.25, -0.2) is 0 Å². The Morgan fingerprint density at radius 2 is 1.52 bits per heavy atom. The Hall–Kier alpha value is -2.13. The van der Waals surface area contributed by atoms with Gasteiger partial charge < -0.3 is 10.6 Å². The van der Waals surface area contributed by atoms with Crippen LogP contribution in [-0.4, -0.2) is 19.0 Å². The minimum Gasteiger partial charge on any atom is -0.343 e. The van der Waals surface area contributed by atoms with Crippen LogP contribution in [0.4, 0.5) is 0 Å². The van der Waals surface area contributed by atoms with Crippen LogP contribution in [0.25, 0.3) is 0 Å². The second-order valence-electron chi connectivity index (χ2n) is 7.14. The molecule has 3 rings (SSSR count). The lowest BCUT2D eigenvalue weighted by molar-refractivity contribution is -0.122. The van der Waals surface area contributed by atoms with Gasteiger partial charge in [-0.05, 0) is 56.3 Å². The molecular weight excluding hydrogens is 308 g/mol. The summed E-state index contributed by atoms with van der Waals surface area (Å²) in [5, 5.41) is 6.69. The summed E-state index contributed by atoms with van der Waals surface area (Å²) in [5.74, 6) is 0.806. The van der Waals surface area contributed by atoms with Crippen molar-refractivity contribution in [2.75, 3.05) is 13.1 Å². The van der Waals surface area contributed by atoms with E-state index in [9.17, 15) is 4.79 Å². The maximum Gasteiger partial charge on any atom is 0.220 e. The lowest BCUT2D eigenvalue weighted by Gasteiger charge is -2.32. The van der Waals surface area contributed by atoms with E-state index in [1.54, 1.807) is 0 Å². The van der Waals surface area contributed by atoms with Gasteiger partial charge in [-0.15, -0.1) is 0 Å². The molecule has 1 fully saturated rings. The van der Waals surface area contributed by atoms with Crippen LogP contribution in [0.3, 0.4) is 0 Å². The molecule has 3 nitrogen and oxygen atoms in total. The number of piperidine rings is 1. The minimum atomic E-state index is -0.506. The first kappa shape index (κ1) is 17.7. The molecule has 1 amide bonds. The van der Waals surface area contributed by atoms with Crippen molar-refractivity contribution in [2.24, 2.45) is 5.92 Å². The van der Waals surface area contributed by atoms with E-state index < -0.39 is 5.54 Å². The Balaban J connectivity index is 1.73. The lowest BCUT2D eigenvalue weighted by Crippen LogP contribution is -2.44. The zero-order valence-electron chi connectivity index (χ0n) is 15.0. The van der Waals surface area contributed by atoms with Gasteiger partial charge in [-0.3, -0.25) is 4.79 Å². The molecule has 2 N–H and O–H groups in total. The number of carbonyl (C=O) groups is 1. The summed E-state index contributed by atoms with van der Waals surface area (Å²) >= 11 is 0. The van der Waals surface area contributed by atoms with Crippen molar-refractivity contribution in [2.45, 2.75) is 38.1 Å². The molecule has 1 saturated heterocycles. The van der Waals surface area contributed by atoms with Crippen LogP contribution in [0.1, 0.15) is 43.7 Å². The fourth-order valence-electron chi connectivity index (χ4n) is 3.70. The summed E-state index contributed by atoms with van der Waals surface area (Å²) in [5.41, 5.74) is 1.71. The highest BCUT2D eigenvalue weighted by atomic mass is 16.1.